The molecule has 0 spiro atoms. The number of carbonyl (C=O) groups is 3. The van der Waals surface area contributed by atoms with Gasteiger partial charge in [-0.3, -0.25) is 14.4 Å². The van der Waals surface area contributed by atoms with Crippen LogP contribution in [0.15, 0.2) is 77.5 Å². The number of nitrogens with one attached hydrogen (secondary N) is 2. The largest absolute Gasteiger partial charge is 0.349 e. The van der Waals surface area contributed by atoms with Crippen LogP contribution in [0.5, 0.6) is 0 Å². The fourth-order valence-corrected chi connectivity index (χ4v) is 4.20. The fraction of sp³-hybridized carbons (Fsp3) is 0.148. The first kappa shape index (κ1) is 24.5. The van der Waals surface area contributed by atoms with Gasteiger partial charge >= 0.3 is 0 Å². The number of halogens is 2. The molecule has 0 fully saturated rings. The molecule has 1 heterocycles. The summed E-state index contributed by atoms with van der Waals surface area (Å²) in [4.78, 5) is 39.8. The minimum Gasteiger partial charge on any atom is -0.349 e. The van der Waals surface area contributed by atoms with E-state index >= 15 is 0 Å². The van der Waals surface area contributed by atoms with Gasteiger partial charge in [0.1, 0.15) is 10.7 Å². The number of para-hydroxylation sites is 1. The molecule has 4 rings (SSSR count). The molecule has 0 bridgehead atoms. The Labute approximate surface area is 213 Å². The van der Waals surface area contributed by atoms with Crippen molar-refractivity contribution in [3.8, 4) is 0 Å². The summed E-state index contributed by atoms with van der Waals surface area (Å²) < 4.78 is 0. The van der Waals surface area contributed by atoms with Gasteiger partial charge < -0.3 is 10.6 Å². The summed E-state index contributed by atoms with van der Waals surface area (Å²) in [5.74, 6) is -1.32. The van der Waals surface area contributed by atoms with E-state index < -0.39 is 11.8 Å². The highest BCUT2D eigenvalue weighted by Crippen LogP contribution is 2.32. The molecule has 3 aromatic rings. The average molecular weight is 508 g/mol. The van der Waals surface area contributed by atoms with Gasteiger partial charge in [0.2, 0.25) is 0 Å². The number of imide groups is 1. The minimum absolute atomic E-state index is 0.0672. The van der Waals surface area contributed by atoms with E-state index in [0.29, 0.717) is 22.0 Å². The Balaban J connectivity index is 1.59. The third-order valence-electron chi connectivity index (χ3n) is 5.68. The van der Waals surface area contributed by atoms with E-state index in [0.717, 1.165) is 21.7 Å². The van der Waals surface area contributed by atoms with Crippen molar-refractivity contribution in [2.75, 3.05) is 15.5 Å². The van der Waals surface area contributed by atoms with Crippen LogP contribution in [0.4, 0.5) is 17.1 Å². The highest BCUT2D eigenvalue weighted by Gasteiger charge is 2.39. The van der Waals surface area contributed by atoms with Gasteiger partial charge in [-0.25, -0.2) is 4.90 Å². The average Bonchev–Trinajstić information content (AvgIpc) is 3.03. The molecule has 0 unspecified atom stereocenters. The molecule has 0 saturated heterocycles. The first-order valence-electron chi connectivity index (χ1n) is 11.0. The van der Waals surface area contributed by atoms with E-state index in [1.165, 1.54) is 6.07 Å². The Morgan fingerprint density at radius 1 is 0.886 bits per heavy atom. The molecule has 0 aromatic heterocycles. The van der Waals surface area contributed by atoms with Crippen molar-refractivity contribution < 1.29 is 14.4 Å². The van der Waals surface area contributed by atoms with Crippen LogP contribution in [-0.2, 0) is 9.59 Å². The minimum atomic E-state index is -0.654. The first-order valence-corrected chi connectivity index (χ1v) is 11.7. The van der Waals surface area contributed by atoms with Gasteiger partial charge in [-0.15, -0.1) is 0 Å². The van der Waals surface area contributed by atoms with Crippen molar-refractivity contribution in [2.24, 2.45) is 0 Å². The molecule has 35 heavy (non-hydrogen) atoms. The number of aryl methyl sites for hydroxylation is 1. The standard InChI is InChI=1S/C27H23Cl2N3O3/c1-15(2)20-9-4-5-10-21(20)31-25(33)17-12-11-16(3)22(13-17)30-24-23(29)26(34)32(27(24)35)19-8-6-7-18(28)14-19/h4-15,30H,1-3H3,(H,31,33). The van der Waals surface area contributed by atoms with Gasteiger partial charge in [-0.1, -0.05) is 67.4 Å². The Kier molecular flexibility index (Phi) is 6.96. The number of anilines is 3. The number of hydrogen-bond acceptors (Lipinski definition) is 4. The second kappa shape index (κ2) is 9.94. The van der Waals surface area contributed by atoms with Crippen molar-refractivity contribution >= 4 is 58.0 Å². The van der Waals surface area contributed by atoms with Crippen LogP contribution in [0.1, 0.15) is 41.3 Å². The first-order chi connectivity index (χ1) is 16.7. The summed E-state index contributed by atoms with van der Waals surface area (Å²) in [5, 5.41) is 6.07. The zero-order valence-corrected chi connectivity index (χ0v) is 20.9. The molecule has 1 aliphatic heterocycles. The monoisotopic (exact) mass is 507 g/mol. The number of benzene rings is 3. The van der Waals surface area contributed by atoms with Gasteiger partial charge in [0.05, 0.1) is 5.69 Å². The van der Waals surface area contributed by atoms with E-state index in [9.17, 15) is 14.4 Å². The summed E-state index contributed by atoms with van der Waals surface area (Å²) in [7, 11) is 0. The predicted octanol–water partition coefficient (Wildman–Crippen LogP) is 6.46. The third-order valence-corrected chi connectivity index (χ3v) is 6.27. The van der Waals surface area contributed by atoms with E-state index in [2.05, 4.69) is 24.5 Å². The Bertz CT molecular complexity index is 1380. The second-order valence-corrected chi connectivity index (χ2v) is 9.28. The van der Waals surface area contributed by atoms with Gasteiger partial charge in [-0.05, 0) is 60.4 Å². The maximum atomic E-state index is 13.1. The molecule has 0 atom stereocenters. The molecule has 3 amide bonds. The highest BCUT2D eigenvalue weighted by molar-refractivity contribution is 6.53. The van der Waals surface area contributed by atoms with Crippen molar-refractivity contribution in [1.82, 2.24) is 0 Å². The lowest BCUT2D eigenvalue weighted by molar-refractivity contribution is -0.120. The summed E-state index contributed by atoms with van der Waals surface area (Å²) in [6.07, 6.45) is 0. The normalized spacial score (nSPS) is 13.6. The van der Waals surface area contributed by atoms with Crippen LogP contribution in [-0.4, -0.2) is 17.7 Å². The number of nitrogens with zero attached hydrogens (tertiary/aromatic N) is 1. The van der Waals surface area contributed by atoms with Crippen molar-refractivity contribution in [2.45, 2.75) is 26.7 Å². The number of amides is 3. The molecule has 0 radical (unpaired) electrons. The molecular weight excluding hydrogens is 485 g/mol. The Hall–Kier alpha value is -3.61. The van der Waals surface area contributed by atoms with Crippen molar-refractivity contribution in [3.05, 3.63) is 99.2 Å². The lowest BCUT2D eigenvalue weighted by Crippen LogP contribution is -2.32. The smallest absolute Gasteiger partial charge is 0.283 e. The van der Waals surface area contributed by atoms with Crippen LogP contribution in [0.2, 0.25) is 5.02 Å². The zero-order valence-electron chi connectivity index (χ0n) is 19.4. The van der Waals surface area contributed by atoms with Crippen LogP contribution in [0, 0.1) is 6.92 Å². The highest BCUT2D eigenvalue weighted by atomic mass is 35.5. The van der Waals surface area contributed by atoms with Gasteiger partial charge in [0.25, 0.3) is 17.7 Å². The predicted molar refractivity (Wildman–Crippen MR) is 140 cm³/mol. The van der Waals surface area contributed by atoms with Crippen molar-refractivity contribution in [3.63, 3.8) is 0 Å². The van der Waals surface area contributed by atoms with Gasteiger partial charge in [0.15, 0.2) is 0 Å². The van der Waals surface area contributed by atoms with E-state index in [4.69, 9.17) is 23.2 Å². The molecule has 1 aliphatic rings. The second-order valence-electron chi connectivity index (χ2n) is 8.47. The van der Waals surface area contributed by atoms with Crippen LogP contribution >= 0.6 is 23.2 Å². The summed E-state index contributed by atoms with van der Waals surface area (Å²) in [6.45, 7) is 5.94. The third kappa shape index (κ3) is 4.94. The quantitative estimate of drug-likeness (QED) is 0.375. The topological polar surface area (TPSA) is 78.5 Å². The summed E-state index contributed by atoms with van der Waals surface area (Å²) >= 11 is 12.3. The van der Waals surface area contributed by atoms with Crippen LogP contribution in [0.25, 0.3) is 0 Å². The number of rotatable bonds is 6. The number of hydrogen-bond donors (Lipinski definition) is 2. The summed E-state index contributed by atoms with van der Waals surface area (Å²) in [6, 6.07) is 19.1. The lowest BCUT2D eigenvalue weighted by atomic mass is 10.0. The van der Waals surface area contributed by atoms with E-state index in [1.54, 1.807) is 36.4 Å². The van der Waals surface area contributed by atoms with E-state index in [-0.39, 0.29) is 22.6 Å². The van der Waals surface area contributed by atoms with E-state index in [1.807, 2.05) is 31.2 Å². The lowest BCUT2D eigenvalue weighted by Gasteiger charge is -2.16. The van der Waals surface area contributed by atoms with Crippen LogP contribution < -0.4 is 15.5 Å². The maximum absolute atomic E-state index is 13.1. The molecule has 0 aliphatic carbocycles. The molecule has 178 valence electrons. The Morgan fingerprint density at radius 3 is 2.34 bits per heavy atom. The molecule has 3 aromatic carbocycles. The molecule has 8 heteroatoms. The molecule has 2 N–H and O–H groups in total. The summed E-state index contributed by atoms with van der Waals surface area (Å²) in [5.41, 5.74) is 3.65. The van der Waals surface area contributed by atoms with Gasteiger partial charge in [-0.2, -0.15) is 0 Å². The Morgan fingerprint density at radius 2 is 1.63 bits per heavy atom. The van der Waals surface area contributed by atoms with Crippen molar-refractivity contribution in [1.29, 1.82) is 0 Å². The maximum Gasteiger partial charge on any atom is 0.283 e. The molecular formula is C27H23Cl2N3O3. The molecule has 0 saturated carbocycles. The zero-order chi connectivity index (χ0) is 25.3. The van der Waals surface area contributed by atoms with Gasteiger partial charge in [0, 0.05) is 22.0 Å². The SMILES string of the molecule is Cc1ccc(C(=O)Nc2ccccc2C(C)C)cc1NC1=C(Cl)C(=O)N(c2cccc(Cl)c2)C1=O. The molecule has 6 nitrogen and oxygen atoms in total. The fourth-order valence-electron chi connectivity index (χ4n) is 3.80. The van der Waals surface area contributed by atoms with Crippen LogP contribution in [0.3, 0.4) is 0 Å². The number of carbonyl (C=O) groups excluding carboxylic acids is 3.